The normalized spacial score (nSPS) is 9.67. The van der Waals surface area contributed by atoms with Crippen molar-refractivity contribution < 1.29 is 4.92 Å². The molecule has 0 saturated heterocycles. The number of fused-ring (bicyclic) bond motifs is 2. The number of nitro groups is 1. The second-order valence-corrected chi connectivity index (χ2v) is 4.84. The first-order valence-corrected chi connectivity index (χ1v) is 7.03. The highest BCUT2D eigenvalue weighted by molar-refractivity contribution is 5.80. The van der Waals surface area contributed by atoms with Gasteiger partial charge in [-0.25, -0.2) is 4.98 Å². The van der Waals surface area contributed by atoms with Gasteiger partial charge in [0.25, 0.3) is 5.69 Å². The molecule has 4 aromatic rings. The number of hydrogen-bond acceptors (Lipinski definition) is 5. The summed E-state index contributed by atoms with van der Waals surface area (Å²) in [6, 6.07) is 20.9. The molecule has 2 heterocycles. The van der Waals surface area contributed by atoms with Gasteiger partial charge in [0.2, 0.25) is 0 Å². The molecule has 0 aliphatic heterocycles. The van der Waals surface area contributed by atoms with Crippen LogP contribution in [0, 0.1) is 10.1 Å². The van der Waals surface area contributed by atoms with Crippen molar-refractivity contribution >= 4 is 27.5 Å². The summed E-state index contributed by atoms with van der Waals surface area (Å²) in [5.74, 6) is 0. The third-order valence-electron chi connectivity index (χ3n) is 3.30. The molecule has 0 spiro atoms. The molecule has 0 bridgehead atoms. The van der Waals surface area contributed by atoms with Crippen molar-refractivity contribution in [2.45, 2.75) is 0 Å². The molecule has 2 aromatic heterocycles. The van der Waals surface area contributed by atoms with Gasteiger partial charge >= 0.3 is 0 Å². The number of benzene rings is 2. The Balaban J connectivity index is 0.000000172. The topological polar surface area (TPSA) is 104 Å². The number of rotatable bonds is 1. The average molecular weight is 320 g/mol. The highest BCUT2D eigenvalue weighted by Crippen LogP contribution is 2.17. The molecule has 0 unspecified atom stereocenters. The van der Waals surface area contributed by atoms with Crippen molar-refractivity contribution in [3.05, 3.63) is 89.2 Å². The fourth-order valence-corrected chi connectivity index (χ4v) is 2.18. The Hall–Kier alpha value is -3.38. The first kappa shape index (κ1) is 17.0. The summed E-state index contributed by atoms with van der Waals surface area (Å²) in [6.07, 6.45) is 3.07. The van der Waals surface area contributed by atoms with Crippen molar-refractivity contribution in [2.24, 2.45) is 0 Å². The quantitative estimate of drug-likeness (QED) is 0.409. The summed E-state index contributed by atoms with van der Waals surface area (Å²) in [7, 11) is 0. The maximum absolute atomic E-state index is 10.4. The molecule has 0 radical (unpaired) electrons. The molecule has 0 atom stereocenters. The van der Waals surface area contributed by atoms with E-state index >= 15 is 0 Å². The van der Waals surface area contributed by atoms with Crippen molar-refractivity contribution in [2.75, 3.05) is 0 Å². The van der Waals surface area contributed by atoms with E-state index in [1.165, 1.54) is 17.6 Å². The molecule has 0 saturated carbocycles. The lowest BCUT2D eigenvalue weighted by molar-refractivity contribution is -0.385. The van der Waals surface area contributed by atoms with Crippen LogP contribution < -0.4 is 6.15 Å². The zero-order chi connectivity index (χ0) is 16.1. The second-order valence-electron chi connectivity index (χ2n) is 4.84. The lowest BCUT2D eigenvalue weighted by Crippen LogP contribution is -1.88. The largest absolute Gasteiger partial charge is 0.344 e. The highest BCUT2D eigenvalue weighted by Gasteiger charge is 2.05. The summed E-state index contributed by atoms with van der Waals surface area (Å²) in [6.45, 7) is 0. The summed E-state index contributed by atoms with van der Waals surface area (Å²) >= 11 is 0. The minimum Gasteiger partial charge on any atom is -0.344 e. The first-order chi connectivity index (χ1) is 11.2. The monoisotopic (exact) mass is 320 g/mol. The van der Waals surface area contributed by atoms with E-state index in [9.17, 15) is 10.1 Å². The highest BCUT2D eigenvalue weighted by atomic mass is 16.6. The van der Waals surface area contributed by atoms with Crippen LogP contribution >= 0.6 is 0 Å². The first-order valence-electron chi connectivity index (χ1n) is 7.03. The van der Waals surface area contributed by atoms with Gasteiger partial charge in [-0.2, -0.15) is 0 Å². The molecule has 3 N–H and O–H groups in total. The van der Waals surface area contributed by atoms with Crippen LogP contribution in [0.1, 0.15) is 0 Å². The standard InChI is InChI=1S/C9H6N2O2.C9H7N.H3N/c12-11(13)8-5-7-3-1-2-4-9(7)10-6-8;1-2-6-9-8(4-1)5-3-7-10-9;/h1-6H;1-7H;1H3. The Kier molecular flexibility index (Phi) is 5.49. The number of nitrogens with zero attached hydrogens (tertiary/aromatic N) is 3. The summed E-state index contributed by atoms with van der Waals surface area (Å²) < 4.78 is 0. The fourth-order valence-electron chi connectivity index (χ4n) is 2.18. The number of para-hydroxylation sites is 2. The molecule has 6 nitrogen and oxygen atoms in total. The minimum atomic E-state index is -0.445. The van der Waals surface area contributed by atoms with Crippen LogP contribution in [0.25, 0.3) is 21.8 Å². The Morgan fingerprint density at radius 1 is 0.792 bits per heavy atom. The van der Waals surface area contributed by atoms with E-state index in [0.29, 0.717) is 0 Å². The van der Waals surface area contributed by atoms with Gasteiger partial charge in [-0.3, -0.25) is 15.1 Å². The van der Waals surface area contributed by atoms with Crippen LogP contribution in [0.3, 0.4) is 0 Å². The van der Waals surface area contributed by atoms with Crippen molar-refractivity contribution in [1.29, 1.82) is 0 Å². The Labute approximate surface area is 138 Å². The van der Waals surface area contributed by atoms with Crippen LogP contribution in [0.15, 0.2) is 79.1 Å². The van der Waals surface area contributed by atoms with Crippen LogP contribution in [0.4, 0.5) is 5.69 Å². The van der Waals surface area contributed by atoms with Crippen molar-refractivity contribution in [3.63, 3.8) is 0 Å². The molecule has 24 heavy (non-hydrogen) atoms. The number of hydrogen-bond donors (Lipinski definition) is 1. The van der Waals surface area contributed by atoms with Gasteiger partial charge < -0.3 is 6.15 Å². The lowest BCUT2D eigenvalue weighted by Gasteiger charge is -1.94. The second kappa shape index (κ2) is 7.75. The molecule has 2 aromatic carbocycles. The molecule has 0 aliphatic carbocycles. The summed E-state index contributed by atoms with van der Waals surface area (Å²) in [5.41, 5.74) is 1.86. The lowest BCUT2D eigenvalue weighted by atomic mass is 10.2. The average Bonchev–Trinajstić information content (AvgIpc) is 2.62. The third-order valence-corrected chi connectivity index (χ3v) is 3.30. The van der Waals surface area contributed by atoms with Gasteiger partial charge in [0.15, 0.2) is 0 Å². The van der Waals surface area contributed by atoms with E-state index in [4.69, 9.17) is 0 Å². The molecule has 0 amide bonds. The van der Waals surface area contributed by atoms with Gasteiger partial charge in [0.1, 0.15) is 6.20 Å². The van der Waals surface area contributed by atoms with Crippen LogP contribution in [0.2, 0.25) is 0 Å². The van der Waals surface area contributed by atoms with Gasteiger partial charge in [-0.15, -0.1) is 0 Å². The van der Waals surface area contributed by atoms with Gasteiger partial charge in [-0.05, 0) is 18.2 Å². The molecule has 0 fully saturated rings. The number of pyridine rings is 2. The fraction of sp³-hybridized carbons (Fsp3) is 0. The molecule has 6 heteroatoms. The third kappa shape index (κ3) is 3.88. The van der Waals surface area contributed by atoms with Gasteiger partial charge in [0.05, 0.1) is 16.0 Å². The van der Waals surface area contributed by atoms with E-state index in [0.717, 1.165) is 16.4 Å². The Morgan fingerprint density at radius 2 is 1.38 bits per heavy atom. The maximum atomic E-state index is 10.4. The molecule has 120 valence electrons. The Morgan fingerprint density at radius 3 is 2.04 bits per heavy atom. The van der Waals surface area contributed by atoms with Crippen LogP contribution in [-0.2, 0) is 0 Å². The van der Waals surface area contributed by atoms with Gasteiger partial charge in [-0.1, -0.05) is 42.5 Å². The van der Waals surface area contributed by atoms with Crippen LogP contribution in [0.5, 0.6) is 0 Å². The molecular weight excluding hydrogens is 304 g/mol. The zero-order valence-electron chi connectivity index (χ0n) is 12.9. The number of aromatic nitrogens is 2. The summed E-state index contributed by atoms with van der Waals surface area (Å²) in [4.78, 5) is 18.1. The molecular formula is C18H16N4O2. The zero-order valence-corrected chi connectivity index (χ0v) is 12.9. The minimum absolute atomic E-state index is 0. The van der Waals surface area contributed by atoms with Crippen molar-refractivity contribution in [3.8, 4) is 0 Å². The van der Waals surface area contributed by atoms with E-state index < -0.39 is 4.92 Å². The van der Waals surface area contributed by atoms with E-state index in [2.05, 4.69) is 22.1 Å². The smallest absolute Gasteiger partial charge is 0.288 e. The predicted octanol–water partition coefficient (Wildman–Crippen LogP) is 4.54. The SMILES string of the molecule is N.O=[N+]([O-])c1cnc2ccccc2c1.c1ccc2ncccc2c1. The van der Waals surface area contributed by atoms with E-state index in [1.807, 2.05) is 48.7 Å². The molecule has 4 rings (SSSR count). The molecule has 0 aliphatic rings. The van der Waals surface area contributed by atoms with Crippen LogP contribution in [-0.4, -0.2) is 14.9 Å². The van der Waals surface area contributed by atoms with Crippen molar-refractivity contribution in [1.82, 2.24) is 16.1 Å². The van der Waals surface area contributed by atoms with Gasteiger partial charge in [0, 0.05) is 23.0 Å². The van der Waals surface area contributed by atoms with E-state index in [1.54, 1.807) is 6.07 Å². The maximum Gasteiger partial charge on any atom is 0.288 e. The predicted molar refractivity (Wildman–Crippen MR) is 95.2 cm³/mol. The van der Waals surface area contributed by atoms with E-state index in [-0.39, 0.29) is 11.8 Å². The Bertz CT molecular complexity index is 907. The summed E-state index contributed by atoms with van der Waals surface area (Å²) in [5, 5.41) is 12.4.